The number of para-hydroxylation sites is 2. The van der Waals surface area contributed by atoms with E-state index in [-0.39, 0.29) is 0 Å². The largest absolute Gasteiger partial charge is 0.327 e. The number of fused-ring (bicyclic) bond motifs is 1. The summed E-state index contributed by atoms with van der Waals surface area (Å²) in [6.45, 7) is 8.52. The molecule has 2 aromatic carbocycles. The zero-order valence-corrected chi connectivity index (χ0v) is 15.8. The van der Waals surface area contributed by atoms with Crippen molar-refractivity contribution in [3.8, 4) is 0 Å². The summed E-state index contributed by atoms with van der Waals surface area (Å²) in [6, 6.07) is 11.5. The van der Waals surface area contributed by atoms with Gasteiger partial charge in [0.25, 0.3) is 0 Å². The van der Waals surface area contributed by atoms with Gasteiger partial charge in [-0.3, -0.25) is 0 Å². The van der Waals surface area contributed by atoms with Crippen LogP contribution in [0.1, 0.15) is 22.5 Å². The van der Waals surface area contributed by atoms with Gasteiger partial charge >= 0.3 is 0 Å². The van der Waals surface area contributed by atoms with E-state index in [2.05, 4.69) is 9.71 Å². The van der Waals surface area contributed by atoms with Crippen LogP contribution in [0.3, 0.4) is 0 Å². The van der Waals surface area contributed by atoms with Gasteiger partial charge in [-0.25, -0.2) is 18.1 Å². The molecule has 5 nitrogen and oxygen atoms in total. The van der Waals surface area contributed by atoms with Gasteiger partial charge in [0.2, 0.25) is 10.0 Å². The molecule has 0 amide bonds. The van der Waals surface area contributed by atoms with E-state index in [9.17, 15) is 8.42 Å². The van der Waals surface area contributed by atoms with E-state index in [1.54, 1.807) is 6.07 Å². The maximum atomic E-state index is 12.7. The van der Waals surface area contributed by atoms with E-state index >= 15 is 0 Å². The first-order chi connectivity index (χ1) is 11.8. The summed E-state index contributed by atoms with van der Waals surface area (Å²) in [5.74, 6) is 0.878. The Morgan fingerprint density at radius 1 is 1.00 bits per heavy atom. The highest BCUT2D eigenvalue weighted by Gasteiger charge is 2.17. The fourth-order valence-corrected chi connectivity index (χ4v) is 4.40. The van der Waals surface area contributed by atoms with Crippen molar-refractivity contribution in [1.29, 1.82) is 0 Å². The highest BCUT2D eigenvalue weighted by Crippen LogP contribution is 2.20. The normalized spacial score (nSPS) is 12.0. The van der Waals surface area contributed by atoms with E-state index in [0.717, 1.165) is 33.5 Å². The molecule has 1 heterocycles. The number of rotatable bonds is 5. The summed E-state index contributed by atoms with van der Waals surface area (Å²) in [5.41, 5.74) is 4.77. The summed E-state index contributed by atoms with van der Waals surface area (Å²) < 4.78 is 30.1. The summed E-state index contributed by atoms with van der Waals surface area (Å²) in [6.07, 6.45) is 0. The molecule has 1 aromatic heterocycles. The van der Waals surface area contributed by atoms with E-state index in [1.165, 1.54) is 0 Å². The van der Waals surface area contributed by atoms with Gasteiger partial charge in [-0.15, -0.1) is 0 Å². The smallest absolute Gasteiger partial charge is 0.240 e. The fraction of sp³-hybridized carbons (Fsp3) is 0.316. The average molecular weight is 357 g/mol. The van der Waals surface area contributed by atoms with Crippen molar-refractivity contribution in [3.05, 3.63) is 58.9 Å². The first-order valence-electron chi connectivity index (χ1n) is 8.29. The second-order valence-corrected chi connectivity index (χ2v) is 8.13. The van der Waals surface area contributed by atoms with Crippen LogP contribution in [0.15, 0.2) is 41.3 Å². The van der Waals surface area contributed by atoms with Crippen LogP contribution in [-0.2, 0) is 16.6 Å². The summed E-state index contributed by atoms with van der Waals surface area (Å²) in [7, 11) is -3.53. The molecule has 0 aliphatic carbocycles. The number of aryl methyl sites for hydroxylation is 4. The molecule has 0 aliphatic rings. The van der Waals surface area contributed by atoms with Crippen LogP contribution in [0.5, 0.6) is 0 Å². The molecule has 0 saturated heterocycles. The molecule has 0 fully saturated rings. The third-order valence-electron chi connectivity index (χ3n) is 4.55. The van der Waals surface area contributed by atoms with Gasteiger partial charge in [0.1, 0.15) is 5.82 Å². The Hall–Kier alpha value is -2.18. The van der Waals surface area contributed by atoms with Crippen LogP contribution in [0, 0.1) is 27.7 Å². The summed E-state index contributed by atoms with van der Waals surface area (Å²) in [5, 5.41) is 0. The minimum atomic E-state index is -3.53. The van der Waals surface area contributed by atoms with Crippen LogP contribution in [0.4, 0.5) is 0 Å². The molecule has 25 heavy (non-hydrogen) atoms. The second-order valence-electron chi connectivity index (χ2n) is 6.40. The number of sulfonamides is 1. The number of hydrogen-bond donors (Lipinski definition) is 1. The van der Waals surface area contributed by atoms with Crippen LogP contribution < -0.4 is 4.72 Å². The Balaban J connectivity index is 1.79. The highest BCUT2D eigenvalue weighted by molar-refractivity contribution is 7.89. The van der Waals surface area contributed by atoms with Gasteiger partial charge in [0, 0.05) is 13.1 Å². The van der Waals surface area contributed by atoms with Crippen LogP contribution >= 0.6 is 0 Å². The molecule has 1 N–H and O–H groups in total. The Labute approximate surface area is 148 Å². The van der Waals surface area contributed by atoms with Gasteiger partial charge in [0.05, 0.1) is 15.9 Å². The number of nitrogens with zero attached hydrogens (tertiary/aromatic N) is 2. The fourth-order valence-electron chi connectivity index (χ4n) is 3.07. The molecule has 3 rings (SSSR count). The number of benzene rings is 2. The number of hydrogen-bond acceptors (Lipinski definition) is 3. The van der Waals surface area contributed by atoms with Crippen molar-refractivity contribution in [3.63, 3.8) is 0 Å². The van der Waals surface area contributed by atoms with Crippen LogP contribution in [-0.4, -0.2) is 24.5 Å². The molecule has 132 valence electrons. The Morgan fingerprint density at radius 2 is 1.68 bits per heavy atom. The predicted octanol–water partition coefficient (Wildman–Crippen LogP) is 3.25. The molecule has 0 radical (unpaired) electrons. The first-order valence-corrected chi connectivity index (χ1v) is 9.77. The lowest BCUT2D eigenvalue weighted by molar-refractivity contribution is 0.572. The van der Waals surface area contributed by atoms with Crippen molar-refractivity contribution in [2.45, 2.75) is 39.1 Å². The maximum absolute atomic E-state index is 12.7. The average Bonchev–Trinajstić information content (AvgIpc) is 2.86. The number of imidazole rings is 1. The molecule has 0 bridgehead atoms. The van der Waals surface area contributed by atoms with Crippen molar-refractivity contribution in [2.75, 3.05) is 6.54 Å². The SMILES string of the molecule is Cc1cc(C)c(S(=O)(=O)NCCn2c(C)nc3ccccc32)cc1C. The molecule has 0 atom stereocenters. The van der Waals surface area contributed by atoms with Crippen molar-refractivity contribution >= 4 is 21.1 Å². The molecule has 6 heteroatoms. The van der Waals surface area contributed by atoms with E-state index in [1.807, 2.05) is 62.6 Å². The zero-order valence-electron chi connectivity index (χ0n) is 15.0. The summed E-state index contributed by atoms with van der Waals surface area (Å²) >= 11 is 0. The standard InChI is InChI=1S/C19H23N3O2S/c1-13-11-15(3)19(12-14(13)2)25(23,24)20-9-10-22-16(4)21-17-7-5-6-8-18(17)22/h5-8,11-12,20H,9-10H2,1-4H3. The molecular formula is C19H23N3O2S. The minimum absolute atomic E-state index is 0.315. The Kier molecular flexibility index (Phi) is 4.67. The molecule has 0 aliphatic heterocycles. The second kappa shape index (κ2) is 6.61. The molecule has 0 spiro atoms. The predicted molar refractivity (Wildman–Crippen MR) is 100 cm³/mol. The topological polar surface area (TPSA) is 64.0 Å². The minimum Gasteiger partial charge on any atom is -0.327 e. The van der Waals surface area contributed by atoms with Gasteiger partial charge < -0.3 is 4.57 Å². The monoisotopic (exact) mass is 357 g/mol. The first kappa shape index (κ1) is 17.6. The molecule has 3 aromatic rings. The van der Waals surface area contributed by atoms with Crippen molar-refractivity contribution < 1.29 is 8.42 Å². The van der Waals surface area contributed by atoms with Crippen molar-refractivity contribution in [2.24, 2.45) is 0 Å². The third-order valence-corrected chi connectivity index (χ3v) is 6.16. The van der Waals surface area contributed by atoms with E-state index in [4.69, 9.17) is 0 Å². The number of aromatic nitrogens is 2. The number of nitrogens with one attached hydrogen (secondary N) is 1. The van der Waals surface area contributed by atoms with Gasteiger partial charge in [0.15, 0.2) is 0 Å². The van der Waals surface area contributed by atoms with Gasteiger partial charge in [-0.1, -0.05) is 18.2 Å². The lowest BCUT2D eigenvalue weighted by Crippen LogP contribution is -2.28. The zero-order chi connectivity index (χ0) is 18.2. The third kappa shape index (κ3) is 3.45. The quantitative estimate of drug-likeness (QED) is 0.762. The van der Waals surface area contributed by atoms with Crippen molar-refractivity contribution in [1.82, 2.24) is 14.3 Å². The molecular weight excluding hydrogens is 334 g/mol. The van der Waals surface area contributed by atoms with Crippen LogP contribution in [0.25, 0.3) is 11.0 Å². The Bertz CT molecular complexity index is 1040. The van der Waals surface area contributed by atoms with E-state index in [0.29, 0.717) is 18.0 Å². The maximum Gasteiger partial charge on any atom is 0.240 e. The lowest BCUT2D eigenvalue weighted by Gasteiger charge is -2.13. The lowest BCUT2D eigenvalue weighted by atomic mass is 10.1. The molecule has 0 saturated carbocycles. The Morgan fingerprint density at radius 3 is 2.44 bits per heavy atom. The van der Waals surface area contributed by atoms with E-state index < -0.39 is 10.0 Å². The van der Waals surface area contributed by atoms with Gasteiger partial charge in [-0.05, 0) is 62.6 Å². The van der Waals surface area contributed by atoms with Crippen LogP contribution in [0.2, 0.25) is 0 Å². The molecule has 0 unspecified atom stereocenters. The highest BCUT2D eigenvalue weighted by atomic mass is 32.2. The summed E-state index contributed by atoms with van der Waals surface area (Å²) in [4.78, 5) is 4.86. The van der Waals surface area contributed by atoms with Gasteiger partial charge in [-0.2, -0.15) is 0 Å².